The Morgan fingerprint density at radius 2 is 1.41 bits per heavy atom. The van der Waals surface area contributed by atoms with Gasteiger partial charge in [-0.05, 0) is 35.1 Å². The van der Waals surface area contributed by atoms with Crippen molar-refractivity contribution in [2.45, 2.75) is 71.6 Å². The van der Waals surface area contributed by atoms with Gasteiger partial charge >= 0.3 is 0 Å². The molecule has 0 heterocycles. The molecule has 0 aliphatic heterocycles. The van der Waals surface area contributed by atoms with Crippen LogP contribution in [0.15, 0.2) is 54.6 Å². The molecule has 0 aliphatic carbocycles. The van der Waals surface area contributed by atoms with Crippen LogP contribution in [0.4, 0.5) is 0 Å². The largest absolute Gasteiger partial charge is 0.508 e. The van der Waals surface area contributed by atoms with Crippen molar-refractivity contribution in [3.63, 3.8) is 0 Å². The van der Waals surface area contributed by atoms with Gasteiger partial charge in [0.25, 0.3) is 0 Å². The molecule has 0 spiro atoms. The molecule has 5 atom stereocenters. The van der Waals surface area contributed by atoms with Crippen molar-refractivity contribution in [2.75, 3.05) is 0 Å². The highest BCUT2D eigenvalue weighted by Crippen LogP contribution is 2.14. The topological polar surface area (TPSA) is 134 Å². The molecule has 204 valence electrons. The zero-order valence-corrected chi connectivity index (χ0v) is 22.9. The van der Waals surface area contributed by atoms with Crippen LogP contribution >= 0.6 is 12.4 Å². The molecule has 0 fully saturated rings. The average molecular weight is 533 g/mol. The molecule has 0 bridgehead atoms. The number of amides is 3. The molecular weight excluding hydrogens is 492 g/mol. The van der Waals surface area contributed by atoms with E-state index < -0.39 is 29.9 Å². The number of rotatable bonds is 13. The van der Waals surface area contributed by atoms with Gasteiger partial charge in [-0.25, -0.2) is 0 Å². The minimum Gasteiger partial charge on any atom is -0.508 e. The fourth-order valence-corrected chi connectivity index (χ4v) is 3.71. The summed E-state index contributed by atoms with van der Waals surface area (Å²) in [6.45, 7) is 8.03. The van der Waals surface area contributed by atoms with Crippen LogP contribution < -0.4 is 21.7 Å². The molecule has 8 nitrogen and oxygen atoms in total. The van der Waals surface area contributed by atoms with E-state index in [0.29, 0.717) is 13.0 Å². The van der Waals surface area contributed by atoms with Crippen LogP contribution in [-0.4, -0.2) is 41.0 Å². The third-order valence-corrected chi connectivity index (χ3v) is 6.67. The van der Waals surface area contributed by atoms with Gasteiger partial charge in [0.1, 0.15) is 17.8 Å². The molecule has 0 aliphatic rings. The fourth-order valence-electron chi connectivity index (χ4n) is 3.71. The van der Waals surface area contributed by atoms with Gasteiger partial charge in [-0.2, -0.15) is 0 Å². The summed E-state index contributed by atoms with van der Waals surface area (Å²) in [5.41, 5.74) is 7.81. The number of aromatic hydroxyl groups is 1. The molecule has 6 N–H and O–H groups in total. The first-order chi connectivity index (χ1) is 17.2. The molecular formula is C28H41ClN4O4. The van der Waals surface area contributed by atoms with Crippen molar-refractivity contribution in [1.82, 2.24) is 16.0 Å². The second-order valence-corrected chi connectivity index (χ2v) is 9.42. The summed E-state index contributed by atoms with van der Waals surface area (Å²) in [7, 11) is 0. The van der Waals surface area contributed by atoms with Gasteiger partial charge in [-0.15, -0.1) is 12.4 Å². The minimum atomic E-state index is -0.939. The minimum absolute atomic E-state index is 0. The predicted molar refractivity (Wildman–Crippen MR) is 148 cm³/mol. The lowest BCUT2D eigenvalue weighted by Crippen LogP contribution is -2.58. The molecule has 2 aromatic rings. The van der Waals surface area contributed by atoms with Crippen LogP contribution in [0.25, 0.3) is 0 Å². The standard InChI is InChI=1S/C28H40N4O4.ClH/c1-5-18(3)24(29)27(35)31-23(16-20-12-14-22(33)15-13-20)26(34)32-25(19(4)6-2)28(36)30-17-21-10-8-7-9-11-21;/h7-15,18-19,23-25,33H,5-6,16-17,29H2,1-4H3,(H,30,36)(H,31,35)(H,32,34);1H/t18-,19-,23-,24-,25-;/m0./s1. The molecule has 9 heteroatoms. The van der Waals surface area contributed by atoms with Crippen LogP contribution in [-0.2, 0) is 27.3 Å². The van der Waals surface area contributed by atoms with E-state index in [-0.39, 0.29) is 42.3 Å². The van der Waals surface area contributed by atoms with Crippen molar-refractivity contribution in [1.29, 1.82) is 0 Å². The maximum absolute atomic E-state index is 13.4. The molecule has 0 saturated heterocycles. The van der Waals surface area contributed by atoms with E-state index in [2.05, 4.69) is 16.0 Å². The van der Waals surface area contributed by atoms with Crippen molar-refractivity contribution < 1.29 is 19.5 Å². The Kier molecular flexibility index (Phi) is 13.7. The number of halogens is 1. The number of phenolic OH excluding ortho intramolecular Hbond substituents is 1. The molecule has 0 unspecified atom stereocenters. The zero-order valence-electron chi connectivity index (χ0n) is 22.1. The highest BCUT2D eigenvalue weighted by atomic mass is 35.5. The highest BCUT2D eigenvalue weighted by Gasteiger charge is 2.31. The number of nitrogens with two attached hydrogens (primary N) is 1. The molecule has 0 saturated carbocycles. The monoisotopic (exact) mass is 532 g/mol. The summed E-state index contributed by atoms with van der Waals surface area (Å²) in [5.74, 6) is -1.25. The van der Waals surface area contributed by atoms with E-state index in [1.807, 2.05) is 58.0 Å². The number of nitrogens with one attached hydrogen (secondary N) is 3. The Labute approximate surface area is 226 Å². The van der Waals surface area contributed by atoms with Gasteiger partial charge in [0.05, 0.1) is 6.04 Å². The lowest BCUT2D eigenvalue weighted by atomic mass is 9.96. The summed E-state index contributed by atoms with van der Waals surface area (Å²) in [5, 5.41) is 18.2. The Morgan fingerprint density at radius 1 is 0.811 bits per heavy atom. The number of hydrogen-bond acceptors (Lipinski definition) is 5. The number of carbonyl (C=O) groups is 3. The average Bonchev–Trinajstić information content (AvgIpc) is 2.90. The first kappa shape index (κ1) is 31.9. The van der Waals surface area contributed by atoms with Crippen molar-refractivity contribution in [3.05, 3.63) is 65.7 Å². The van der Waals surface area contributed by atoms with E-state index in [4.69, 9.17) is 5.73 Å². The summed E-state index contributed by atoms with van der Waals surface area (Å²) in [6, 6.07) is 13.5. The summed E-state index contributed by atoms with van der Waals surface area (Å²) in [6.07, 6.45) is 1.59. The van der Waals surface area contributed by atoms with Crippen LogP contribution in [0.1, 0.15) is 51.7 Å². The summed E-state index contributed by atoms with van der Waals surface area (Å²) >= 11 is 0. The first-order valence-corrected chi connectivity index (χ1v) is 12.6. The molecule has 0 aromatic heterocycles. The Balaban J connectivity index is 0.00000684. The van der Waals surface area contributed by atoms with E-state index in [1.165, 1.54) is 12.1 Å². The number of hydrogen-bond donors (Lipinski definition) is 5. The number of carbonyl (C=O) groups excluding carboxylic acids is 3. The van der Waals surface area contributed by atoms with Gasteiger partial charge in [-0.1, -0.05) is 83.0 Å². The quantitative estimate of drug-likeness (QED) is 0.270. The summed E-state index contributed by atoms with van der Waals surface area (Å²) < 4.78 is 0. The zero-order chi connectivity index (χ0) is 26.7. The van der Waals surface area contributed by atoms with Crippen LogP contribution in [0.3, 0.4) is 0 Å². The molecule has 2 rings (SSSR count). The summed E-state index contributed by atoms with van der Waals surface area (Å²) in [4.78, 5) is 39.3. The maximum atomic E-state index is 13.4. The number of phenols is 1. The van der Waals surface area contributed by atoms with Gasteiger partial charge in [-0.3, -0.25) is 14.4 Å². The highest BCUT2D eigenvalue weighted by molar-refractivity contribution is 5.93. The fraction of sp³-hybridized carbons (Fsp3) is 0.464. The van der Waals surface area contributed by atoms with E-state index >= 15 is 0 Å². The SMILES string of the molecule is CC[C@H](C)[C@H](N)C(=O)N[C@@H](Cc1ccc(O)cc1)C(=O)N[C@H](C(=O)NCc1ccccc1)[C@@H](C)CC.Cl. The van der Waals surface area contributed by atoms with Gasteiger partial charge in [0.2, 0.25) is 17.7 Å². The molecule has 37 heavy (non-hydrogen) atoms. The van der Waals surface area contributed by atoms with Crippen molar-refractivity contribution in [2.24, 2.45) is 17.6 Å². The van der Waals surface area contributed by atoms with Crippen molar-refractivity contribution >= 4 is 30.1 Å². The molecule has 2 aromatic carbocycles. The lowest BCUT2D eigenvalue weighted by Gasteiger charge is -2.28. The third kappa shape index (κ3) is 10.1. The van der Waals surface area contributed by atoms with Gasteiger partial charge in [0, 0.05) is 13.0 Å². The Hall–Kier alpha value is -3.10. The predicted octanol–water partition coefficient (Wildman–Crippen LogP) is 3.06. The maximum Gasteiger partial charge on any atom is 0.243 e. The van der Waals surface area contributed by atoms with Gasteiger partial charge in [0.15, 0.2) is 0 Å². The Bertz CT molecular complexity index is 987. The first-order valence-electron chi connectivity index (χ1n) is 12.6. The molecule has 3 amide bonds. The smallest absolute Gasteiger partial charge is 0.243 e. The van der Waals surface area contributed by atoms with E-state index in [1.54, 1.807) is 12.1 Å². The van der Waals surface area contributed by atoms with Crippen LogP contribution in [0.5, 0.6) is 5.75 Å². The second kappa shape index (κ2) is 15.9. The van der Waals surface area contributed by atoms with Crippen molar-refractivity contribution in [3.8, 4) is 5.75 Å². The Morgan fingerprint density at radius 3 is 1.97 bits per heavy atom. The molecule has 0 radical (unpaired) electrons. The van der Waals surface area contributed by atoms with Crippen LogP contribution in [0, 0.1) is 11.8 Å². The third-order valence-electron chi connectivity index (χ3n) is 6.67. The normalized spacial score (nSPS) is 14.7. The van der Waals surface area contributed by atoms with Gasteiger partial charge < -0.3 is 26.8 Å². The van der Waals surface area contributed by atoms with E-state index in [9.17, 15) is 19.5 Å². The van der Waals surface area contributed by atoms with Crippen LogP contribution in [0.2, 0.25) is 0 Å². The second-order valence-electron chi connectivity index (χ2n) is 9.42. The number of benzene rings is 2. The lowest BCUT2D eigenvalue weighted by molar-refractivity contribution is -0.133. The van der Waals surface area contributed by atoms with E-state index in [0.717, 1.165) is 17.5 Å².